The molecule has 0 nitrogen and oxygen atoms in total. The lowest BCUT2D eigenvalue weighted by Gasteiger charge is -1.92. The molecule has 0 heterocycles. The van der Waals surface area contributed by atoms with E-state index in [9.17, 15) is 0 Å². The summed E-state index contributed by atoms with van der Waals surface area (Å²) in [6.45, 7) is 0. The lowest BCUT2D eigenvalue weighted by Crippen LogP contribution is -1.84. The van der Waals surface area contributed by atoms with Crippen LogP contribution in [0.25, 0.3) is 0 Å². The molecular weight excluding hydrogens is 160 g/mol. The van der Waals surface area contributed by atoms with Crippen LogP contribution < -0.4 is 0 Å². The maximum Gasteiger partial charge on any atom is 0.128 e. The molecule has 0 spiro atoms. The highest BCUT2D eigenvalue weighted by Crippen LogP contribution is 2.22. The Bertz CT molecular complexity index is 182. The molecule has 0 amide bonds. The molecule has 0 unspecified atom stereocenters. The van der Waals surface area contributed by atoms with Crippen LogP contribution in [0.3, 0.4) is 0 Å². The molecule has 1 rings (SSSR count). The molecule has 54 valence electrons. The Labute approximate surface area is 68.8 Å². The van der Waals surface area contributed by atoms with Gasteiger partial charge in [0, 0.05) is 0 Å². The average molecular weight is 171 g/mol. The van der Waals surface area contributed by atoms with Crippen molar-refractivity contribution in [3.63, 3.8) is 0 Å². The minimum absolute atomic E-state index is 0.450. The Kier molecular flexibility index (Phi) is 3.16. The van der Waals surface area contributed by atoms with Gasteiger partial charge in [-0.2, -0.15) is 0 Å². The van der Waals surface area contributed by atoms with Crippen molar-refractivity contribution in [1.82, 2.24) is 0 Å². The molecule has 0 atom stereocenters. The van der Waals surface area contributed by atoms with Crippen molar-refractivity contribution in [3.05, 3.63) is 30.3 Å². The van der Waals surface area contributed by atoms with Crippen LogP contribution >= 0.6 is 10.8 Å². The SMILES string of the molecule is C[S+](C)Sc1ccccc1. The normalized spacial score (nSPS) is 10.3. The largest absolute Gasteiger partial charge is 0.128 e. The van der Waals surface area contributed by atoms with E-state index in [4.69, 9.17) is 0 Å². The van der Waals surface area contributed by atoms with Crippen molar-refractivity contribution in [2.24, 2.45) is 0 Å². The second kappa shape index (κ2) is 3.94. The molecule has 1 aromatic rings. The summed E-state index contributed by atoms with van der Waals surface area (Å²) in [5.41, 5.74) is 0. The van der Waals surface area contributed by atoms with Crippen molar-refractivity contribution in [3.8, 4) is 0 Å². The topological polar surface area (TPSA) is 0 Å². The molecule has 0 saturated carbocycles. The highest BCUT2D eigenvalue weighted by Gasteiger charge is 2.05. The zero-order chi connectivity index (χ0) is 7.40. The molecule has 0 aliphatic rings. The van der Waals surface area contributed by atoms with Gasteiger partial charge in [0.25, 0.3) is 0 Å². The lowest BCUT2D eigenvalue weighted by molar-refractivity contribution is 1.48. The van der Waals surface area contributed by atoms with Gasteiger partial charge in [0.1, 0.15) is 23.3 Å². The highest BCUT2D eigenvalue weighted by molar-refractivity contribution is 8.73. The predicted octanol–water partition coefficient (Wildman–Crippen LogP) is 2.57. The van der Waals surface area contributed by atoms with Crippen LogP contribution in [0.15, 0.2) is 35.2 Å². The van der Waals surface area contributed by atoms with E-state index < -0.39 is 0 Å². The first-order valence-corrected chi connectivity index (χ1v) is 6.47. The summed E-state index contributed by atoms with van der Waals surface area (Å²) < 4.78 is 0. The second-order valence-electron chi connectivity index (χ2n) is 2.14. The third-order valence-electron chi connectivity index (χ3n) is 1.01. The van der Waals surface area contributed by atoms with E-state index in [2.05, 4.69) is 36.8 Å². The maximum absolute atomic E-state index is 2.23. The molecule has 0 N–H and O–H groups in total. The van der Waals surface area contributed by atoms with Gasteiger partial charge in [0.2, 0.25) is 0 Å². The van der Waals surface area contributed by atoms with Gasteiger partial charge in [-0.1, -0.05) is 18.2 Å². The van der Waals surface area contributed by atoms with Gasteiger partial charge in [0.05, 0.1) is 14.8 Å². The van der Waals surface area contributed by atoms with E-state index >= 15 is 0 Å². The number of hydrogen-bond donors (Lipinski definition) is 0. The number of rotatable bonds is 2. The summed E-state index contributed by atoms with van der Waals surface area (Å²) in [6.07, 6.45) is 4.47. The number of hydrogen-bond acceptors (Lipinski definition) is 1. The molecule has 0 aliphatic carbocycles. The first-order chi connectivity index (χ1) is 4.79. The maximum atomic E-state index is 2.23. The first kappa shape index (κ1) is 8.02. The minimum Gasteiger partial charge on any atom is -0.0622 e. The van der Waals surface area contributed by atoms with Gasteiger partial charge in [-0.3, -0.25) is 0 Å². The van der Waals surface area contributed by atoms with Crippen LogP contribution in [0, 0.1) is 0 Å². The fraction of sp³-hybridized carbons (Fsp3) is 0.250. The Morgan fingerprint density at radius 2 is 1.70 bits per heavy atom. The van der Waals surface area contributed by atoms with E-state index in [0.29, 0.717) is 9.93 Å². The third kappa shape index (κ3) is 2.67. The standard InChI is InChI=1S/C8H11S2/c1-10(2)9-8-6-4-3-5-7-8/h3-7H,1-2H3/q+1. The minimum atomic E-state index is 0.450. The van der Waals surface area contributed by atoms with Crippen molar-refractivity contribution < 1.29 is 0 Å². The smallest absolute Gasteiger partial charge is 0.0622 e. The quantitative estimate of drug-likeness (QED) is 0.487. The van der Waals surface area contributed by atoms with Gasteiger partial charge in [-0.15, -0.1) is 0 Å². The molecule has 0 radical (unpaired) electrons. The van der Waals surface area contributed by atoms with Gasteiger partial charge >= 0.3 is 0 Å². The van der Waals surface area contributed by atoms with Gasteiger partial charge in [0.15, 0.2) is 0 Å². The van der Waals surface area contributed by atoms with E-state index in [1.807, 2.05) is 16.9 Å². The molecule has 0 bridgehead atoms. The molecule has 0 aromatic heterocycles. The summed E-state index contributed by atoms with van der Waals surface area (Å²) in [5, 5.41) is 0. The Hall–Kier alpha value is -0.0800. The summed E-state index contributed by atoms with van der Waals surface area (Å²) in [5.74, 6) is 0. The third-order valence-corrected chi connectivity index (χ3v) is 3.38. The predicted molar refractivity (Wildman–Crippen MR) is 51.5 cm³/mol. The summed E-state index contributed by atoms with van der Waals surface area (Å²) in [6, 6.07) is 10.5. The zero-order valence-corrected chi connectivity index (χ0v) is 7.84. The van der Waals surface area contributed by atoms with Crippen LogP contribution in [-0.2, 0) is 9.93 Å². The van der Waals surface area contributed by atoms with Crippen LogP contribution in [-0.4, -0.2) is 12.5 Å². The molecule has 1 aromatic carbocycles. The van der Waals surface area contributed by atoms with Crippen molar-refractivity contribution in [1.29, 1.82) is 0 Å². The van der Waals surface area contributed by atoms with E-state index in [1.165, 1.54) is 4.90 Å². The zero-order valence-electron chi connectivity index (χ0n) is 6.20. The van der Waals surface area contributed by atoms with Crippen LogP contribution in [0.1, 0.15) is 0 Å². The van der Waals surface area contributed by atoms with E-state index in [0.717, 1.165) is 0 Å². The van der Waals surface area contributed by atoms with Gasteiger partial charge in [-0.25, -0.2) is 0 Å². The molecule has 0 aliphatic heterocycles. The van der Waals surface area contributed by atoms with Gasteiger partial charge < -0.3 is 0 Å². The highest BCUT2D eigenvalue weighted by atomic mass is 33.1. The molecule has 10 heavy (non-hydrogen) atoms. The number of benzene rings is 1. The van der Waals surface area contributed by atoms with Crippen molar-refractivity contribution >= 4 is 20.7 Å². The van der Waals surface area contributed by atoms with Crippen LogP contribution in [0.5, 0.6) is 0 Å². The van der Waals surface area contributed by atoms with E-state index in [-0.39, 0.29) is 0 Å². The summed E-state index contributed by atoms with van der Waals surface area (Å²) in [4.78, 5) is 1.37. The molecular formula is C8H11S2+. The lowest BCUT2D eigenvalue weighted by atomic mass is 10.4. The Balaban J connectivity index is 2.59. The average Bonchev–Trinajstić information content (AvgIpc) is 1.88. The van der Waals surface area contributed by atoms with Crippen molar-refractivity contribution in [2.75, 3.05) is 12.5 Å². The van der Waals surface area contributed by atoms with Crippen molar-refractivity contribution in [2.45, 2.75) is 4.90 Å². The van der Waals surface area contributed by atoms with Gasteiger partial charge in [-0.05, 0) is 12.1 Å². The monoisotopic (exact) mass is 171 g/mol. The van der Waals surface area contributed by atoms with Crippen LogP contribution in [0.2, 0.25) is 0 Å². The molecule has 2 heteroatoms. The Morgan fingerprint density at radius 3 is 2.20 bits per heavy atom. The summed E-state index contributed by atoms with van der Waals surface area (Å²) >= 11 is 0. The summed E-state index contributed by atoms with van der Waals surface area (Å²) in [7, 11) is 2.38. The molecule has 0 fully saturated rings. The Morgan fingerprint density at radius 1 is 1.10 bits per heavy atom. The fourth-order valence-corrected chi connectivity index (χ4v) is 2.81. The molecule has 0 saturated heterocycles. The first-order valence-electron chi connectivity index (χ1n) is 3.10. The fourth-order valence-electron chi connectivity index (χ4n) is 0.669. The second-order valence-corrected chi connectivity index (χ2v) is 6.76. The van der Waals surface area contributed by atoms with E-state index in [1.54, 1.807) is 0 Å². The van der Waals surface area contributed by atoms with Crippen LogP contribution in [0.4, 0.5) is 0 Å².